The molecule has 0 aliphatic heterocycles. The van der Waals surface area contributed by atoms with Crippen LogP contribution in [0.4, 0.5) is 18.9 Å². The van der Waals surface area contributed by atoms with Crippen LogP contribution in [0.2, 0.25) is 0 Å². The highest BCUT2D eigenvalue weighted by molar-refractivity contribution is 5.83. The summed E-state index contributed by atoms with van der Waals surface area (Å²) in [6.45, 7) is 3.46. The van der Waals surface area contributed by atoms with E-state index in [1.54, 1.807) is 32.0 Å². The minimum Gasteiger partial charge on any atom is -0.484 e. The summed E-state index contributed by atoms with van der Waals surface area (Å²) in [4.78, 5) is 28.5. The summed E-state index contributed by atoms with van der Waals surface area (Å²) in [5.74, 6) is -0.0448. The van der Waals surface area contributed by atoms with Crippen molar-refractivity contribution in [3.8, 4) is 17.1 Å². The second-order valence-electron chi connectivity index (χ2n) is 8.04. The van der Waals surface area contributed by atoms with Crippen molar-refractivity contribution in [2.24, 2.45) is 5.10 Å². The number of aromatic nitrogens is 2. The average molecular weight is 496 g/mol. The van der Waals surface area contributed by atoms with Gasteiger partial charge in [0.25, 0.3) is 5.56 Å². The van der Waals surface area contributed by atoms with Gasteiger partial charge in [-0.25, -0.2) is 4.98 Å². The Morgan fingerprint density at radius 3 is 2.53 bits per heavy atom. The Kier molecular flexibility index (Phi) is 6.56. The molecule has 0 aliphatic rings. The number of fused-ring (bicyclic) bond motifs is 1. The predicted octanol–water partition coefficient (Wildman–Crippen LogP) is 5.66. The van der Waals surface area contributed by atoms with Crippen molar-refractivity contribution in [2.75, 3.05) is 0 Å². The van der Waals surface area contributed by atoms with Crippen molar-refractivity contribution < 1.29 is 22.8 Å². The second-order valence-corrected chi connectivity index (χ2v) is 8.04. The van der Waals surface area contributed by atoms with E-state index in [1.165, 1.54) is 42.6 Å². The lowest BCUT2D eigenvalue weighted by Gasteiger charge is -2.12. The molecular weight excluding hydrogens is 477 g/mol. The second kappa shape index (κ2) is 9.61. The molecule has 4 aromatic rings. The van der Waals surface area contributed by atoms with Gasteiger partial charge in [0.1, 0.15) is 0 Å². The first-order chi connectivity index (χ1) is 17.0. The molecule has 0 bridgehead atoms. The van der Waals surface area contributed by atoms with E-state index in [-0.39, 0.29) is 45.4 Å². The molecule has 1 heterocycles. The van der Waals surface area contributed by atoms with Crippen LogP contribution in [0.15, 0.2) is 76.6 Å². The molecule has 3 aromatic carbocycles. The summed E-state index contributed by atoms with van der Waals surface area (Å²) in [5, 5.41) is 15.9. The monoisotopic (exact) mass is 496 g/mol. The number of hydrogen-bond acceptors (Lipinski definition) is 6. The van der Waals surface area contributed by atoms with Crippen LogP contribution in [-0.2, 0) is 6.18 Å². The molecule has 1 aromatic heterocycles. The lowest BCUT2D eigenvalue weighted by Crippen LogP contribution is -2.20. The summed E-state index contributed by atoms with van der Waals surface area (Å²) in [6, 6.07) is 14.9. The van der Waals surface area contributed by atoms with Gasteiger partial charge in [0.05, 0.1) is 33.7 Å². The summed E-state index contributed by atoms with van der Waals surface area (Å²) >= 11 is 0. The van der Waals surface area contributed by atoms with Gasteiger partial charge in [-0.05, 0) is 50.2 Å². The molecule has 0 atom stereocenters. The van der Waals surface area contributed by atoms with E-state index in [9.17, 15) is 28.1 Å². The summed E-state index contributed by atoms with van der Waals surface area (Å²) in [7, 11) is 0. The molecule has 11 heteroatoms. The Morgan fingerprint density at radius 2 is 1.83 bits per heavy atom. The van der Waals surface area contributed by atoms with Crippen LogP contribution in [0.3, 0.4) is 0 Å². The molecule has 0 unspecified atom stereocenters. The summed E-state index contributed by atoms with van der Waals surface area (Å²) < 4.78 is 46.3. The molecule has 8 nitrogen and oxygen atoms in total. The molecule has 0 spiro atoms. The van der Waals surface area contributed by atoms with Crippen LogP contribution < -0.4 is 10.3 Å². The SMILES string of the molecule is CC(C)Oc1ccc(C=Nn2c(-c3cccc(C(F)(F)F)c3)nc3ccccc3c2=O)cc1[N+](=O)[O-]. The van der Waals surface area contributed by atoms with E-state index in [0.29, 0.717) is 0 Å². The first-order valence-electron chi connectivity index (χ1n) is 10.7. The van der Waals surface area contributed by atoms with Crippen LogP contribution in [-0.4, -0.2) is 26.9 Å². The standard InChI is InChI=1S/C25H19F3N4O4/c1-15(2)36-22-11-10-16(12-21(22)32(34)35)14-29-31-23(17-6-5-7-18(13-17)25(26,27)28)30-20-9-4-3-8-19(20)24(31)33/h3-15H,1-2H3. The van der Waals surface area contributed by atoms with E-state index in [0.717, 1.165) is 16.8 Å². The number of nitro benzene ring substituents is 1. The Hall–Kier alpha value is -4.54. The molecule has 0 saturated heterocycles. The topological polar surface area (TPSA) is 99.6 Å². The minimum atomic E-state index is -4.60. The first kappa shape index (κ1) is 24.6. The fraction of sp³-hybridized carbons (Fsp3) is 0.160. The zero-order valence-electron chi connectivity index (χ0n) is 19.1. The first-order valence-corrected chi connectivity index (χ1v) is 10.7. The van der Waals surface area contributed by atoms with Crippen LogP contribution in [0.5, 0.6) is 5.75 Å². The zero-order valence-corrected chi connectivity index (χ0v) is 19.1. The third kappa shape index (κ3) is 5.09. The molecule has 0 fully saturated rings. The number of benzene rings is 3. The van der Waals surface area contributed by atoms with Gasteiger partial charge in [-0.1, -0.05) is 24.3 Å². The highest BCUT2D eigenvalue weighted by atomic mass is 19.4. The average Bonchev–Trinajstić information content (AvgIpc) is 2.83. The number of nitrogens with zero attached hydrogens (tertiary/aromatic N) is 4. The van der Waals surface area contributed by atoms with Gasteiger partial charge in [-0.15, -0.1) is 0 Å². The third-order valence-electron chi connectivity index (χ3n) is 5.07. The van der Waals surface area contributed by atoms with Crippen molar-refractivity contribution in [3.63, 3.8) is 0 Å². The molecule has 184 valence electrons. The molecule has 0 N–H and O–H groups in total. The highest BCUT2D eigenvalue weighted by Crippen LogP contribution is 2.32. The van der Waals surface area contributed by atoms with Crippen molar-refractivity contribution in [1.82, 2.24) is 9.66 Å². The van der Waals surface area contributed by atoms with Crippen LogP contribution in [0, 0.1) is 10.1 Å². The predicted molar refractivity (Wildman–Crippen MR) is 128 cm³/mol. The van der Waals surface area contributed by atoms with Crippen molar-refractivity contribution in [1.29, 1.82) is 0 Å². The molecule has 0 saturated carbocycles. The normalized spacial score (nSPS) is 11.9. The molecule has 0 aliphatic carbocycles. The van der Waals surface area contributed by atoms with Crippen molar-refractivity contribution in [2.45, 2.75) is 26.1 Å². The number of para-hydroxylation sites is 1. The summed E-state index contributed by atoms with van der Waals surface area (Å²) in [6.07, 6.45) is -3.69. The van der Waals surface area contributed by atoms with E-state index in [1.807, 2.05) is 0 Å². The smallest absolute Gasteiger partial charge is 0.416 e. The maximum absolute atomic E-state index is 13.3. The lowest BCUT2D eigenvalue weighted by atomic mass is 10.1. The van der Waals surface area contributed by atoms with E-state index in [4.69, 9.17) is 4.74 Å². The lowest BCUT2D eigenvalue weighted by molar-refractivity contribution is -0.386. The Morgan fingerprint density at radius 1 is 1.08 bits per heavy atom. The van der Waals surface area contributed by atoms with Gasteiger partial charge in [0.15, 0.2) is 11.6 Å². The molecular formula is C25H19F3N4O4. The van der Waals surface area contributed by atoms with Crippen molar-refractivity contribution in [3.05, 3.63) is 98.3 Å². The van der Waals surface area contributed by atoms with E-state index >= 15 is 0 Å². The quantitative estimate of drug-likeness (QED) is 0.195. The maximum Gasteiger partial charge on any atom is 0.416 e. The van der Waals surface area contributed by atoms with Gasteiger partial charge in [-0.2, -0.15) is 22.9 Å². The molecule has 0 radical (unpaired) electrons. The highest BCUT2D eigenvalue weighted by Gasteiger charge is 2.31. The number of rotatable bonds is 6. The maximum atomic E-state index is 13.3. The third-order valence-corrected chi connectivity index (χ3v) is 5.07. The Balaban J connectivity index is 1.87. The van der Waals surface area contributed by atoms with Gasteiger partial charge >= 0.3 is 11.9 Å². The fourth-order valence-corrected chi connectivity index (χ4v) is 3.49. The van der Waals surface area contributed by atoms with Gasteiger partial charge < -0.3 is 4.74 Å². The van der Waals surface area contributed by atoms with Gasteiger partial charge in [-0.3, -0.25) is 14.9 Å². The van der Waals surface area contributed by atoms with Crippen LogP contribution in [0.1, 0.15) is 25.0 Å². The number of alkyl halides is 3. The Bertz CT molecular complexity index is 1540. The molecule has 4 rings (SSSR count). The number of halogens is 3. The van der Waals surface area contributed by atoms with Crippen LogP contribution in [0.25, 0.3) is 22.3 Å². The zero-order chi connectivity index (χ0) is 26.0. The number of hydrogen-bond donors (Lipinski definition) is 0. The number of nitro groups is 1. The summed E-state index contributed by atoms with van der Waals surface area (Å²) in [5.41, 5.74) is -1.24. The minimum absolute atomic E-state index is 0.0245. The van der Waals surface area contributed by atoms with Crippen LogP contribution >= 0.6 is 0 Å². The van der Waals surface area contributed by atoms with E-state index in [2.05, 4.69) is 10.1 Å². The Labute approximate surface area is 202 Å². The fourth-order valence-electron chi connectivity index (χ4n) is 3.49. The molecule has 36 heavy (non-hydrogen) atoms. The van der Waals surface area contributed by atoms with Gasteiger partial charge in [0.2, 0.25) is 0 Å². The van der Waals surface area contributed by atoms with Gasteiger partial charge in [0, 0.05) is 17.2 Å². The van der Waals surface area contributed by atoms with Crippen molar-refractivity contribution >= 4 is 22.8 Å². The number of ether oxygens (including phenoxy) is 1. The molecule has 0 amide bonds. The largest absolute Gasteiger partial charge is 0.484 e. The van der Waals surface area contributed by atoms with E-state index < -0.39 is 22.2 Å².